The van der Waals surface area contributed by atoms with E-state index in [0.29, 0.717) is 17.9 Å². The van der Waals surface area contributed by atoms with Gasteiger partial charge in [-0.05, 0) is 53.3 Å². The normalized spacial score (nSPS) is 16.0. The van der Waals surface area contributed by atoms with Crippen molar-refractivity contribution in [3.63, 3.8) is 0 Å². The highest BCUT2D eigenvalue weighted by Crippen LogP contribution is 2.36. The molecule has 1 aliphatic rings. The van der Waals surface area contributed by atoms with Crippen LogP contribution < -0.4 is 15.5 Å². The number of hydrogen-bond acceptors (Lipinski definition) is 4. The van der Waals surface area contributed by atoms with E-state index in [4.69, 9.17) is 0 Å². The maximum Gasteiger partial charge on any atom is 0.250 e. The third kappa shape index (κ3) is 4.86. The van der Waals surface area contributed by atoms with Gasteiger partial charge >= 0.3 is 0 Å². The monoisotopic (exact) mass is 374 g/mol. The number of para-hydroxylation sites is 2. The van der Waals surface area contributed by atoms with Crippen LogP contribution in [0.2, 0.25) is 0 Å². The van der Waals surface area contributed by atoms with Gasteiger partial charge in [-0.2, -0.15) is 0 Å². The SMILES string of the molecule is CCN(CC(=O)NC(C)(C)C)CC(=O)N1c2ccccc2NC(=O)C1(C)C. The molecule has 1 aromatic rings. The zero-order valence-corrected chi connectivity index (χ0v) is 17.0. The summed E-state index contributed by atoms with van der Waals surface area (Å²) in [5.41, 5.74) is -0.0590. The molecule has 1 aromatic carbocycles. The number of hydrogen-bond donors (Lipinski definition) is 2. The van der Waals surface area contributed by atoms with Crippen LogP contribution in [0.4, 0.5) is 11.4 Å². The van der Waals surface area contributed by atoms with E-state index in [0.717, 1.165) is 0 Å². The Bertz CT molecular complexity index is 737. The maximum absolute atomic E-state index is 13.1. The lowest BCUT2D eigenvalue weighted by Gasteiger charge is -2.42. The second-order valence-corrected chi connectivity index (χ2v) is 8.36. The average molecular weight is 374 g/mol. The van der Waals surface area contributed by atoms with E-state index in [2.05, 4.69) is 10.6 Å². The summed E-state index contributed by atoms with van der Waals surface area (Å²) in [6, 6.07) is 7.24. The van der Waals surface area contributed by atoms with E-state index in [1.807, 2.05) is 45.9 Å². The van der Waals surface area contributed by atoms with Gasteiger partial charge in [0, 0.05) is 5.54 Å². The summed E-state index contributed by atoms with van der Waals surface area (Å²) < 4.78 is 0. The average Bonchev–Trinajstić information content (AvgIpc) is 2.53. The van der Waals surface area contributed by atoms with Gasteiger partial charge in [0.15, 0.2) is 0 Å². The number of rotatable bonds is 5. The highest BCUT2D eigenvalue weighted by molar-refractivity contribution is 6.14. The van der Waals surface area contributed by atoms with Crippen LogP contribution in [0.1, 0.15) is 41.5 Å². The van der Waals surface area contributed by atoms with E-state index in [-0.39, 0.29) is 36.3 Å². The van der Waals surface area contributed by atoms with Crippen molar-refractivity contribution in [2.24, 2.45) is 0 Å². The molecule has 2 rings (SSSR count). The van der Waals surface area contributed by atoms with Crippen LogP contribution in [-0.4, -0.2) is 53.3 Å². The number of anilines is 2. The lowest BCUT2D eigenvalue weighted by molar-refractivity contribution is -0.128. The lowest BCUT2D eigenvalue weighted by atomic mass is 9.96. The third-order valence-electron chi connectivity index (χ3n) is 4.44. The zero-order chi connectivity index (χ0) is 20.4. The van der Waals surface area contributed by atoms with Crippen LogP contribution in [0.25, 0.3) is 0 Å². The number of fused-ring (bicyclic) bond motifs is 1. The molecule has 7 nitrogen and oxygen atoms in total. The van der Waals surface area contributed by atoms with Gasteiger partial charge in [0.2, 0.25) is 17.7 Å². The van der Waals surface area contributed by atoms with Gasteiger partial charge < -0.3 is 10.6 Å². The number of nitrogens with zero attached hydrogens (tertiary/aromatic N) is 2. The second-order valence-electron chi connectivity index (χ2n) is 8.36. The first kappa shape index (κ1) is 20.9. The smallest absolute Gasteiger partial charge is 0.250 e. The molecule has 0 saturated carbocycles. The topological polar surface area (TPSA) is 81.8 Å². The molecule has 0 bridgehead atoms. The van der Waals surface area contributed by atoms with Gasteiger partial charge in [-0.25, -0.2) is 0 Å². The summed E-state index contributed by atoms with van der Waals surface area (Å²) in [5, 5.41) is 5.76. The molecule has 148 valence electrons. The van der Waals surface area contributed by atoms with Crippen molar-refractivity contribution in [2.75, 3.05) is 29.9 Å². The first-order valence-corrected chi connectivity index (χ1v) is 9.22. The highest BCUT2D eigenvalue weighted by Gasteiger charge is 2.43. The quantitative estimate of drug-likeness (QED) is 0.826. The zero-order valence-electron chi connectivity index (χ0n) is 17.0. The molecule has 0 atom stereocenters. The Labute approximate surface area is 161 Å². The first-order chi connectivity index (χ1) is 12.5. The Morgan fingerprint density at radius 3 is 2.41 bits per heavy atom. The van der Waals surface area contributed by atoms with Crippen molar-refractivity contribution in [2.45, 2.75) is 52.6 Å². The fourth-order valence-corrected chi connectivity index (χ4v) is 3.10. The molecule has 1 heterocycles. The van der Waals surface area contributed by atoms with Crippen LogP contribution in [0.15, 0.2) is 24.3 Å². The van der Waals surface area contributed by atoms with Crippen molar-refractivity contribution in [3.8, 4) is 0 Å². The number of nitrogens with one attached hydrogen (secondary N) is 2. The molecule has 3 amide bonds. The predicted octanol–water partition coefficient (Wildman–Crippen LogP) is 1.99. The van der Waals surface area contributed by atoms with Gasteiger partial charge in [0.1, 0.15) is 5.54 Å². The van der Waals surface area contributed by atoms with E-state index < -0.39 is 5.54 Å². The first-order valence-electron chi connectivity index (χ1n) is 9.22. The molecule has 0 aromatic heterocycles. The molecule has 2 N–H and O–H groups in total. The Morgan fingerprint density at radius 1 is 1.19 bits per heavy atom. The standard InChI is InChI=1S/C20H30N4O3/c1-7-23(12-16(25)22-19(2,3)4)13-17(26)24-15-11-9-8-10-14(15)21-18(27)20(24,5)6/h8-11H,7,12-13H2,1-6H3,(H,21,27)(H,22,25). The largest absolute Gasteiger partial charge is 0.350 e. The number of carbonyl (C=O) groups excluding carboxylic acids is 3. The third-order valence-corrected chi connectivity index (χ3v) is 4.44. The molecular weight excluding hydrogens is 344 g/mol. The molecule has 0 spiro atoms. The summed E-state index contributed by atoms with van der Waals surface area (Å²) in [6.45, 7) is 11.8. The molecule has 0 saturated heterocycles. The van der Waals surface area contributed by atoms with E-state index >= 15 is 0 Å². The Hall–Kier alpha value is -2.41. The molecule has 0 unspecified atom stereocenters. The minimum Gasteiger partial charge on any atom is -0.350 e. The maximum atomic E-state index is 13.1. The van der Waals surface area contributed by atoms with Gasteiger partial charge in [-0.1, -0.05) is 19.1 Å². The number of carbonyl (C=O) groups is 3. The highest BCUT2D eigenvalue weighted by atomic mass is 16.2. The lowest BCUT2D eigenvalue weighted by Crippen LogP contribution is -2.60. The van der Waals surface area contributed by atoms with Crippen molar-refractivity contribution in [3.05, 3.63) is 24.3 Å². The van der Waals surface area contributed by atoms with Crippen LogP contribution >= 0.6 is 0 Å². The fourth-order valence-electron chi connectivity index (χ4n) is 3.10. The van der Waals surface area contributed by atoms with Crippen LogP contribution in [-0.2, 0) is 14.4 Å². The van der Waals surface area contributed by atoms with Crippen LogP contribution in [0.5, 0.6) is 0 Å². The Morgan fingerprint density at radius 2 is 1.81 bits per heavy atom. The van der Waals surface area contributed by atoms with Crippen molar-refractivity contribution >= 4 is 29.1 Å². The van der Waals surface area contributed by atoms with E-state index in [9.17, 15) is 14.4 Å². The summed E-state index contributed by atoms with van der Waals surface area (Å²) in [7, 11) is 0. The summed E-state index contributed by atoms with van der Waals surface area (Å²) in [6.07, 6.45) is 0. The minimum atomic E-state index is -1.02. The van der Waals surface area contributed by atoms with Crippen molar-refractivity contribution < 1.29 is 14.4 Å². The molecule has 0 radical (unpaired) electrons. The molecule has 1 aliphatic heterocycles. The minimum absolute atomic E-state index is 0.0547. The fraction of sp³-hybridized carbons (Fsp3) is 0.550. The Balaban J connectivity index is 2.20. The summed E-state index contributed by atoms with van der Waals surface area (Å²) in [5.74, 6) is -0.580. The van der Waals surface area contributed by atoms with Gasteiger partial charge in [0.05, 0.1) is 24.5 Å². The molecule has 7 heteroatoms. The predicted molar refractivity (Wildman–Crippen MR) is 107 cm³/mol. The van der Waals surface area contributed by atoms with Crippen LogP contribution in [0.3, 0.4) is 0 Å². The van der Waals surface area contributed by atoms with E-state index in [1.54, 1.807) is 24.8 Å². The van der Waals surface area contributed by atoms with Gasteiger partial charge in [0.25, 0.3) is 0 Å². The number of amides is 3. The molecule has 27 heavy (non-hydrogen) atoms. The van der Waals surface area contributed by atoms with Crippen molar-refractivity contribution in [1.82, 2.24) is 10.2 Å². The molecular formula is C20H30N4O3. The molecule has 0 aliphatic carbocycles. The summed E-state index contributed by atoms with van der Waals surface area (Å²) in [4.78, 5) is 41.2. The van der Waals surface area contributed by atoms with Gasteiger partial charge in [-0.3, -0.25) is 24.2 Å². The van der Waals surface area contributed by atoms with E-state index in [1.165, 1.54) is 4.90 Å². The Kier molecular flexibility index (Phi) is 5.94. The number of benzene rings is 1. The van der Waals surface area contributed by atoms with Crippen molar-refractivity contribution in [1.29, 1.82) is 0 Å². The number of likely N-dealkylation sites (N-methyl/N-ethyl adjacent to an activating group) is 1. The summed E-state index contributed by atoms with van der Waals surface area (Å²) >= 11 is 0. The molecule has 0 fully saturated rings. The second kappa shape index (κ2) is 7.68. The van der Waals surface area contributed by atoms with Crippen LogP contribution in [0, 0.1) is 0 Å². The van der Waals surface area contributed by atoms with Gasteiger partial charge in [-0.15, -0.1) is 0 Å².